The first kappa shape index (κ1) is 22.4. The number of hydrogen-bond acceptors (Lipinski definition) is 1. The van der Waals surface area contributed by atoms with Crippen LogP contribution in [0.25, 0.3) is 0 Å². The molecule has 4 heteroatoms. The van der Waals surface area contributed by atoms with E-state index in [1.54, 1.807) is 0 Å². The first-order chi connectivity index (χ1) is 2.81. The smallest absolute Gasteiger partial charge is 0.177 e. The Morgan fingerprint density at radius 1 is 1.22 bits per heavy atom. The van der Waals surface area contributed by atoms with E-state index >= 15 is 0 Å². The number of rotatable bonds is 2. The van der Waals surface area contributed by atoms with Crippen molar-refractivity contribution in [3.8, 4) is 0 Å². The molecule has 0 fully saturated rings. The van der Waals surface area contributed by atoms with Crippen LogP contribution >= 0.6 is 0 Å². The molecule has 0 bridgehead atoms. The number of carbonyl (C=O) groups is 1. The minimum absolute atomic E-state index is 0. The predicted molar refractivity (Wildman–Crippen MR) is 42.7 cm³/mol. The third kappa shape index (κ3) is 17.7. The van der Waals surface area contributed by atoms with Crippen molar-refractivity contribution in [1.82, 2.24) is 0 Å². The number of hydrogen-bond donors (Lipinski definition) is 0. The molecular weight excluding hydrogens is 379 g/mol. The SMILES string of the molecule is C=CC(=O)C=C.[Ga].[In].[Sn]. The summed E-state index contributed by atoms with van der Waals surface area (Å²) in [4.78, 5) is 9.94. The zero-order chi connectivity index (χ0) is 4.99. The van der Waals surface area contributed by atoms with E-state index in [4.69, 9.17) is 0 Å². The molecule has 0 aromatic rings. The Labute approximate surface area is 104 Å². The van der Waals surface area contributed by atoms with Crippen LogP contribution in [-0.4, -0.2) is 75.3 Å². The molecule has 0 aliphatic carbocycles. The van der Waals surface area contributed by atoms with E-state index in [1.807, 2.05) is 0 Å². The standard InChI is InChI=1S/C5H6O.Ga.In.Sn/c1-3-5(6)4-2;;;/h3-4H,1-2H2;;;. The first-order valence-corrected chi connectivity index (χ1v) is 1.60. The molecule has 0 atom stereocenters. The Bertz CT molecular complexity index is 85.0. The summed E-state index contributed by atoms with van der Waals surface area (Å²) in [7, 11) is 0. The topological polar surface area (TPSA) is 17.1 Å². The van der Waals surface area contributed by atoms with Crippen LogP contribution in [0.2, 0.25) is 0 Å². The summed E-state index contributed by atoms with van der Waals surface area (Å²) >= 11 is 0. The summed E-state index contributed by atoms with van der Waals surface area (Å²) < 4.78 is 0. The summed E-state index contributed by atoms with van der Waals surface area (Å²) in [5.74, 6) is -0.130. The van der Waals surface area contributed by atoms with E-state index in [0.717, 1.165) is 0 Å². The molecule has 0 N–H and O–H groups in total. The third-order valence-electron chi connectivity index (χ3n) is 0.402. The van der Waals surface area contributed by atoms with Gasteiger partial charge < -0.3 is 0 Å². The van der Waals surface area contributed by atoms with E-state index in [0.29, 0.717) is 0 Å². The zero-order valence-electron chi connectivity index (χ0n) is 5.13. The van der Waals surface area contributed by atoms with Crippen molar-refractivity contribution in [3.63, 3.8) is 0 Å². The number of allylic oxidation sites excluding steroid dienone is 2. The van der Waals surface area contributed by atoms with Gasteiger partial charge in [-0.2, -0.15) is 0 Å². The summed E-state index contributed by atoms with van der Waals surface area (Å²) in [6.45, 7) is 6.42. The molecule has 1 nitrogen and oxygen atoms in total. The molecular formula is C5H6GaInOSn. The molecule has 9 heavy (non-hydrogen) atoms. The van der Waals surface area contributed by atoms with E-state index in [1.165, 1.54) is 12.2 Å². The summed E-state index contributed by atoms with van der Waals surface area (Å²) in [6, 6.07) is 0. The van der Waals surface area contributed by atoms with Crippen LogP contribution < -0.4 is 0 Å². The fourth-order valence-electron chi connectivity index (χ4n) is 0.0833. The van der Waals surface area contributed by atoms with Gasteiger partial charge in [0.1, 0.15) is 0 Å². The maximum atomic E-state index is 9.94. The van der Waals surface area contributed by atoms with E-state index in [2.05, 4.69) is 13.2 Å². The molecule has 0 amide bonds. The van der Waals surface area contributed by atoms with Crippen molar-refractivity contribution in [3.05, 3.63) is 25.3 Å². The zero-order valence-corrected chi connectivity index (χ0v) is 13.7. The molecule has 0 aromatic heterocycles. The van der Waals surface area contributed by atoms with Gasteiger partial charge in [0.2, 0.25) is 0 Å². The van der Waals surface area contributed by atoms with Crippen LogP contribution in [0.1, 0.15) is 0 Å². The predicted octanol–water partition coefficient (Wildman–Crippen LogP) is -0.215. The molecule has 10 radical (unpaired) electrons. The van der Waals surface area contributed by atoms with Gasteiger partial charge in [0.15, 0.2) is 5.78 Å². The summed E-state index contributed by atoms with van der Waals surface area (Å²) in [6.07, 6.45) is 2.43. The summed E-state index contributed by atoms with van der Waals surface area (Å²) in [5, 5.41) is 0. The van der Waals surface area contributed by atoms with Crippen molar-refractivity contribution in [2.45, 2.75) is 0 Å². The van der Waals surface area contributed by atoms with Gasteiger partial charge in [-0.3, -0.25) is 4.79 Å². The second-order valence-electron chi connectivity index (χ2n) is 0.811. The fourth-order valence-corrected chi connectivity index (χ4v) is 0.0833. The quantitative estimate of drug-likeness (QED) is 0.475. The van der Waals surface area contributed by atoms with Crippen molar-refractivity contribution in [1.29, 1.82) is 0 Å². The Kier molecular flexibility index (Phi) is 40.4. The Balaban J connectivity index is -0.0000000417. The Morgan fingerprint density at radius 3 is 1.44 bits per heavy atom. The minimum atomic E-state index is -0.130. The molecule has 0 aliphatic heterocycles. The molecule has 42 valence electrons. The third-order valence-corrected chi connectivity index (χ3v) is 0.402. The van der Waals surface area contributed by atoms with Crippen LogP contribution in [-0.2, 0) is 4.79 Å². The number of carbonyl (C=O) groups excluding carboxylic acids is 1. The molecule has 0 rings (SSSR count). The molecule has 0 saturated carbocycles. The van der Waals surface area contributed by atoms with Gasteiger partial charge in [-0.05, 0) is 12.2 Å². The van der Waals surface area contributed by atoms with Crippen LogP contribution in [0, 0.1) is 0 Å². The summed E-state index contributed by atoms with van der Waals surface area (Å²) in [5.41, 5.74) is 0. The average molecular weight is 385 g/mol. The van der Waals surface area contributed by atoms with Gasteiger partial charge in [0.05, 0.1) is 0 Å². The molecule has 0 spiro atoms. The maximum absolute atomic E-state index is 9.94. The normalized spacial score (nSPS) is 4.44. The molecule has 0 aromatic carbocycles. The fraction of sp³-hybridized carbons (Fsp3) is 0. The van der Waals surface area contributed by atoms with Crippen LogP contribution in [0.3, 0.4) is 0 Å². The van der Waals surface area contributed by atoms with E-state index in [-0.39, 0.29) is 75.3 Å². The van der Waals surface area contributed by atoms with Crippen molar-refractivity contribution < 1.29 is 4.79 Å². The second kappa shape index (κ2) is 16.2. The van der Waals surface area contributed by atoms with E-state index in [9.17, 15) is 4.79 Å². The Morgan fingerprint density at radius 2 is 1.44 bits per heavy atom. The van der Waals surface area contributed by atoms with Gasteiger partial charge in [0.25, 0.3) is 0 Å². The first-order valence-electron chi connectivity index (χ1n) is 1.60. The maximum Gasteiger partial charge on any atom is 0.177 e. The van der Waals surface area contributed by atoms with Crippen LogP contribution in [0.4, 0.5) is 0 Å². The molecule has 0 aliphatic rings. The van der Waals surface area contributed by atoms with Gasteiger partial charge >= 0.3 is 0 Å². The van der Waals surface area contributed by atoms with Gasteiger partial charge in [0, 0.05) is 69.5 Å². The van der Waals surface area contributed by atoms with Gasteiger partial charge in [-0.1, -0.05) is 13.2 Å². The monoisotopic (exact) mass is 386 g/mol. The van der Waals surface area contributed by atoms with Crippen LogP contribution in [0.15, 0.2) is 25.3 Å². The van der Waals surface area contributed by atoms with Crippen LogP contribution in [0.5, 0.6) is 0 Å². The molecule has 0 unspecified atom stereocenters. The average Bonchev–Trinajstić information content (AvgIpc) is 1.65. The van der Waals surface area contributed by atoms with Gasteiger partial charge in [-0.15, -0.1) is 0 Å². The van der Waals surface area contributed by atoms with Crippen molar-refractivity contribution in [2.24, 2.45) is 0 Å². The Hall–Kier alpha value is 1.46. The van der Waals surface area contributed by atoms with E-state index < -0.39 is 0 Å². The van der Waals surface area contributed by atoms with Crippen molar-refractivity contribution in [2.75, 3.05) is 0 Å². The second-order valence-corrected chi connectivity index (χ2v) is 0.811. The van der Waals surface area contributed by atoms with Gasteiger partial charge in [-0.25, -0.2) is 0 Å². The van der Waals surface area contributed by atoms with Crippen molar-refractivity contribution >= 4 is 75.3 Å². The minimum Gasteiger partial charge on any atom is -0.290 e. The molecule has 0 heterocycles. The largest absolute Gasteiger partial charge is 0.290 e. The number of ketones is 1. The molecule has 0 saturated heterocycles.